The van der Waals surface area contributed by atoms with Crippen molar-refractivity contribution in [1.82, 2.24) is 0 Å². The minimum Gasteiger partial charge on any atom is -0.493 e. The molecule has 0 spiro atoms. The average molecular weight is 342 g/mol. The highest BCUT2D eigenvalue weighted by molar-refractivity contribution is 5.46. The van der Waals surface area contributed by atoms with Crippen molar-refractivity contribution in [2.24, 2.45) is 0 Å². The Kier molecular flexibility index (Phi) is 5.69. The van der Waals surface area contributed by atoms with Gasteiger partial charge in [0.05, 0.1) is 18.9 Å². The summed E-state index contributed by atoms with van der Waals surface area (Å²) in [5.41, 5.74) is 1.50. The summed E-state index contributed by atoms with van der Waals surface area (Å²) >= 11 is 0. The predicted octanol–water partition coefficient (Wildman–Crippen LogP) is 3.27. The molecule has 5 heteroatoms. The molecule has 0 saturated carbocycles. The van der Waals surface area contributed by atoms with Gasteiger partial charge in [-0.1, -0.05) is 24.3 Å². The van der Waals surface area contributed by atoms with E-state index in [1.165, 1.54) is 6.07 Å². The van der Waals surface area contributed by atoms with Crippen LogP contribution in [0, 0.1) is 5.82 Å². The summed E-state index contributed by atoms with van der Waals surface area (Å²) in [5, 5.41) is 2.11. The minimum atomic E-state index is -0.275. The molecule has 0 radical (unpaired) electrons. The lowest BCUT2D eigenvalue weighted by molar-refractivity contribution is -0.688. The Bertz CT molecular complexity index is 802. The van der Waals surface area contributed by atoms with Gasteiger partial charge >= 0.3 is 0 Å². The molecule has 0 aliphatic rings. The lowest BCUT2D eigenvalue weighted by Gasteiger charge is -2.14. The van der Waals surface area contributed by atoms with E-state index in [4.69, 9.17) is 13.9 Å². The third kappa shape index (κ3) is 4.39. The van der Waals surface area contributed by atoms with E-state index in [1.807, 2.05) is 30.3 Å². The van der Waals surface area contributed by atoms with Crippen LogP contribution in [0.3, 0.4) is 0 Å². The first-order valence-electron chi connectivity index (χ1n) is 8.14. The van der Waals surface area contributed by atoms with Gasteiger partial charge in [-0.3, -0.25) is 0 Å². The maximum absolute atomic E-state index is 13.8. The molecule has 4 nitrogen and oxygen atoms in total. The fourth-order valence-corrected chi connectivity index (χ4v) is 2.61. The van der Waals surface area contributed by atoms with E-state index in [1.54, 1.807) is 31.6 Å². The third-order valence-corrected chi connectivity index (χ3v) is 3.90. The Morgan fingerprint density at radius 2 is 1.80 bits per heavy atom. The zero-order valence-electron chi connectivity index (χ0n) is 14.1. The summed E-state index contributed by atoms with van der Waals surface area (Å²) in [6.07, 6.45) is 1.66. The Morgan fingerprint density at radius 3 is 2.56 bits per heavy atom. The monoisotopic (exact) mass is 342 g/mol. The van der Waals surface area contributed by atoms with E-state index in [0.717, 1.165) is 17.9 Å². The number of hydrogen-bond donors (Lipinski definition) is 1. The van der Waals surface area contributed by atoms with E-state index in [-0.39, 0.29) is 12.4 Å². The van der Waals surface area contributed by atoms with Gasteiger partial charge in [0.15, 0.2) is 17.3 Å². The van der Waals surface area contributed by atoms with E-state index in [2.05, 4.69) is 5.32 Å². The zero-order valence-corrected chi connectivity index (χ0v) is 14.1. The molecule has 25 heavy (non-hydrogen) atoms. The van der Waals surface area contributed by atoms with E-state index in [0.29, 0.717) is 23.6 Å². The van der Waals surface area contributed by atoms with Crippen LogP contribution in [-0.4, -0.2) is 7.11 Å². The normalized spacial score (nSPS) is 10.6. The van der Waals surface area contributed by atoms with Crippen LogP contribution in [0.5, 0.6) is 11.5 Å². The van der Waals surface area contributed by atoms with E-state index < -0.39 is 0 Å². The van der Waals surface area contributed by atoms with Gasteiger partial charge in [0.2, 0.25) is 0 Å². The maximum Gasteiger partial charge on any atom is 0.170 e. The van der Waals surface area contributed by atoms with Crippen molar-refractivity contribution in [3.8, 4) is 11.5 Å². The molecule has 3 rings (SSSR count). The highest BCUT2D eigenvalue weighted by Gasteiger charge is 2.13. The van der Waals surface area contributed by atoms with E-state index in [9.17, 15) is 4.39 Å². The summed E-state index contributed by atoms with van der Waals surface area (Å²) < 4.78 is 30.5. The summed E-state index contributed by atoms with van der Waals surface area (Å²) in [4.78, 5) is 0. The van der Waals surface area contributed by atoms with Gasteiger partial charge in [0.25, 0.3) is 0 Å². The second kappa shape index (κ2) is 8.35. The highest BCUT2D eigenvalue weighted by atomic mass is 19.1. The first-order chi connectivity index (χ1) is 12.3. The quantitative estimate of drug-likeness (QED) is 0.683. The second-order valence-electron chi connectivity index (χ2n) is 5.60. The standard InChI is InChI=1S/C20H20FNO3/c1-23-19-10-4-7-15(12-22-13-17-8-5-11-24-17)20(19)25-14-16-6-2-3-9-18(16)21/h2-11,22H,12-14H2,1H3/p+1. The molecule has 2 N–H and O–H groups in total. The summed E-state index contributed by atoms with van der Waals surface area (Å²) in [7, 11) is 1.60. The Labute approximate surface area is 146 Å². The third-order valence-electron chi connectivity index (χ3n) is 3.90. The number of methoxy groups -OCH3 is 1. The zero-order chi connectivity index (χ0) is 17.5. The number of benzene rings is 2. The Balaban J connectivity index is 1.71. The van der Waals surface area contributed by atoms with Crippen molar-refractivity contribution in [2.75, 3.05) is 7.11 Å². The number of halogens is 1. The van der Waals surface area contributed by atoms with Gasteiger partial charge in [-0.05, 0) is 30.3 Å². The lowest BCUT2D eigenvalue weighted by atomic mass is 10.1. The molecule has 2 aromatic carbocycles. The number of para-hydroxylation sites is 1. The fourth-order valence-electron chi connectivity index (χ4n) is 2.61. The Hall–Kier alpha value is -2.79. The van der Waals surface area contributed by atoms with Crippen molar-refractivity contribution in [1.29, 1.82) is 0 Å². The summed E-state index contributed by atoms with van der Waals surface area (Å²) in [6, 6.07) is 16.2. The molecule has 0 unspecified atom stereocenters. The molecule has 0 bridgehead atoms. The van der Waals surface area contributed by atoms with Crippen molar-refractivity contribution < 1.29 is 23.6 Å². The van der Waals surface area contributed by atoms with Crippen molar-refractivity contribution in [2.45, 2.75) is 19.7 Å². The summed E-state index contributed by atoms with van der Waals surface area (Å²) in [5.74, 6) is 1.92. The molecule has 130 valence electrons. The molecule has 0 saturated heterocycles. The Morgan fingerprint density at radius 1 is 0.960 bits per heavy atom. The van der Waals surface area contributed by atoms with Crippen LogP contribution >= 0.6 is 0 Å². The SMILES string of the molecule is COc1cccc(C[NH2+]Cc2ccco2)c1OCc1ccccc1F. The molecule has 1 heterocycles. The van der Waals surface area contributed by atoms with Crippen LogP contribution in [-0.2, 0) is 19.7 Å². The van der Waals surface area contributed by atoms with Crippen LogP contribution in [0.15, 0.2) is 65.3 Å². The fraction of sp³-hybridized carbons (Fsp3) is 0.200. The van der Waals surface area contributed by atoms with Crippen molar-refractivity contribution >= 4 is 0 Å². The maximum atomic E-state index is 13.8. The largest absolute Gasteiger partial charge is 0.493 e. The number of furan rings is 1. The highest BCUT2D eigenvalue weighted by Crippen LogP contribution is 2.31. The molecular weight excluding hydrogens is 321 g/mol. The number of nitrogens with two attached hydrogens (primary N) is 1. The van der Waals surface area contributed by atoms with Crippen LogP contribution in [0.25, 0.3) is 0 Å². The van der Waals surface area contributed by atoms with Gasteiger partial charge in [-0.2, -0.15) is 0 Å². The molecule has 0 aliphatic heterocycles. The van der Waals surface area contributed by atoms with Crippen molar-refractivity contribution in [3.05, 3.63) is 83.6 Å². The minimum absolute atomic E-state index is 0.151. The molecular formula is C20H21FNO3+. The topological polar surface area (TPSA) is 48.2 Å². The molecule has 0 amide bonds. The number of hydrogen-bond acceptors (Lipinski definition) is 3. The van der Waals surface area contributed by atoms with Crippen LogP contribution in [0.4, 0.5) is 4.39 Å². The summed E-state index contributed by atoms with van der Waals surface area (Å²) in [6.45, 7) is 1.58. The van der Waals surface area contributed by atoms with Gasteiger partial charge in [-0.15, -0.1) is 0 Å². The van der Waals surface area contributed by atoms with Crippen LogP contribution < -0.4 is 14.8 Å². The average Bonchev–Trinajstić information content (AvgIpc) is 3.15. The van der Waals surface area contributed by atoms with Crippen molar-refractivity contribution in [3.63, 3.8) is 0 Å². The molecule has 3 aromatic rings. The molecule has 1 aromatic heterocycles. The molecule has 0 atom stereocenters. The van der Waals surface area contributed by atoms with Gasteiger partial charge in [0.1, 0.15) is 25.5 Å². The second-order valence-corrected chi connectivity index (χ2v) is 5.60. The predicted molar refractivity (Wildman–Crippen MR) is 91.8 cm³/mol. The number of quaternary nitrogens is 1. The van der Waals surface area contributed by atoms with Crippen LogP contribution in [0.2, 0.25) is 0 Å². The molecule has 0 fully saturated rings. The first kappa shape index (κ1) is 17.0. The lowest BCUT2D eigenvalue weighted by Crippen LogP contribution is -2.80. The van der Waals surface area contributed by atoms with Crippen LogP contribution in [0.1, 0.15) is 16.9 Å². The van der Waals surface area contributed by atoms with Gasteiger partial charge in [-0.25, -0.2) is 4.39 Å². The van der Waals surface area contributed by atoms with E-state index >= 15 is 0 Å². The number of rotatable bonds is 8. The van der Waals surface area contributed by atoms with Gasteiger partial charge < -0.3 is 19.2 Å². The number of ether oxygens (including phenoxy) is 2. The smallest absolute Gasteiger partial charge is 0.170 e. The van der Waals surface area contributed by atoms with Gasteiger partial charge in [0, 0.05) is 5.56 Å². The molecule has 0 aliphatic carbocycles. The first-order valence-corrected chi connectivity index (χ1v) is 8.14.